The molecule has 1 aliphatic heterocycles. The number of epoxide rings is 1. The van der Waals surface area contributed by atoms with E-state index >= 15 is 0 Å². The Labute approximate surface area is 116 Å². The Morgan fingerprint density at radius 3 is 2.47 bits per heavy atom. The van der Waals surface area contributed by atoms with Gasteiger partial charge in [-0.15, -0.1) is 0 Å². The highest BCUT2D eigenvalue weighted by Gasteiger charge is 2.36. The monoisotopic (exact) mass is 269 g/mol. The van der Waals surface area contributed by atoms with Gasteiger partial charge in [-0.1, -0.05) is 32.1 Å². The molecule has 2 atom stereocenters. The number of carbonyl (C=O) groups is 1. The molecule has 0 aromatic rings. The molecule has 4 heteroatoms. The fourth-order valence-corrected chi connectivity index (χ4v) is 2.83. The van der Waals surface area contributed by atoms with E-state index in [1.165, 1.54) is 32.1 Å². The Balaban J connectivity index is 1.80. The Kier molecular flexibility index (Phi) is 4.71. The van der Waals surface area contributed by atoms with Crippen LogP contribution in [0.2, 0.25) is 0 Å². The maximum atomic E-state index is 11.9. The van der Waals surface area contributed by atoms with E-state index in [4.69, 9.17) is 9.47 Å². The van der Waals surface area contributed by atoms with Crippen molar-refractivity contribution in [3.05, 3.63) is 0 Å². The highest BCUT2D eigenvalue weighted by Crippen LogP contribution is 2.30. The van der Waals surface area contributed by atoms with E-state index in [9.17, 15) is 4.79 Å². The highest BCUT2D eigenvalue weighted by molar-refractivity contribution is 5.68. The summed E-state index contributed by atoms with van der Waals surface area (Å²) in [5.41, 5.74) is -0.441. The van der Waals surface area contributed by atoms with E-state index in [-0.39, 0.29) is 18.2 Å². The lowest BCUT2D eigenvalue weighted by Gasteiger charge is -2.27. The molecule has 0 spiro atoms. The molecule has 110 valence electrons. The second kappa shape index (κ2) is 6.12. The van der Waals surface area contributed by atoms with E-state index < -0.39 is 5.60 Å². The van der Waals surface area contributed by atoms with Crippen LogP contribution in [0.5, 0.6) is 0 Å². The van der Waals surface area contributed by atoms with Crippen molar-refractivity contribution in [2.45, 2.75) is 77.0 Å². The normalized spacial score (nSPS) is 25.7. The van der Waals surface area contributed by atoms with Crippen LogP contribution in [0.1, 0.15) is 59.3 Å². The lowest BCUT2D eigenvalue weighted by atomic mass is 9.84. The van der Waals surface area contributed by atoms with Gasteiger partial charge in [0.2, 0.25) is 0 Å². The fraction of sp³-hybridized carbons (Fsp3) is 0.933. The van der Waals surface area contributed by atoms with Crippen LogP contribution in [0.25, 0.3) is 0 Å². The molecule has 1 N–H and O–H groups in total. The molecule has 4 nitrogen and oxygen atoms in total. The zero-order valence-corrected chi connectivity index (χ0v) is 12.4. The third kappa shape index (κ3) is 5.39. The van der Waals surface area contributed by atoms with Gasteiger partial charge in [-0.2, -0.15) is 0 Å². The van der Waals surface area contributed by atoms with E-state index in [1.807, 2.05) is 20.8 Å². The first-order chi connectivity index (χ1) is 8.94. The Morgan fingerprint density at radius 2 is 1.95 bits per heavy atom. The van der Waals surface area contributed by atoms with Crippen LogP contribution in [-0.2, 0) is 9.47 Å². The molecular formula is C15H27NO3. The van der Waals surface area contributed by atoms with E-state index in [2.05, 4.69) is 5.32 Å². The molecule has 0 aromatic heterocycles. The first-order valence-electron chi connectivity index (χ1n) is 7.55. The molecule has 0 bridgehead atoms. The molecule has 1 heterocycles. The molecule has 1 saturated carbocycles. The van der Waals surface area contributed by atoms with Crippen LogP contribution in [0.3, 0.4) is 0 Å². The largest absolute Gasteiger partial charge is 0.444 e. The second-order valence-electron chi connectivity index (χ2n) is 6.86. The van der Waals surface area contributed by atoms with Crippen LogP contribution in [-0.4, -0.2) is 30.4 Å². The molecule has 19 heavy (non-hydrogen) atoms. The van der Waals surface area contributed by atoms with Crippen molar-refractivity contribution in [1.29, 1.82) is 0 Å². The van der Waals surface area contributed by atoms with E-state index in [1.54, 1.807) is 0 Å². The predicted molar refractivity (Wildman–Crippen MR) is 74.1 cm³/mol. The van der Waals surface area contributed by atoms with Crippen LogP contribution >= 0.6 is 0 Å². The third-order valence-corrected chi connectivity index (χ3v) is 3.82. The maximum absolute atomic E-state index is 11.9. The molecule has 1 saturated heterocycles. The number of rotatable bonds is 4. The predicted octanol–water partition coefficient (Wildman–Crippen LogP) is 3.25. The number of hydrogen-bond acceptors (Lipinski definition) is 3. The number of ether oxygens (including phenoxy) is 2. The first kappa shape index (κ1) is 14.6. The van der Waals surface area contributed by atoms with Crippen LogP contribution in [0, 0.1) is 5.92 Å². The standard InChI is InChI=1S/C15H27NO3/c1-15(2,3)19-14(17)16-12(13-10-18-13)9-11-7-5-4-6-8-11/h11-13H,4-10H2,1-3H3,(H,16,17)/t12?,13-/m1/s1. The summed E-state index contributed by atoms with van der Waals surface area (Å²) in [7, 11) is 0. The van der Waals surface area contributed by atoms with Crippen molar-refractivity contribution >= 4 is 6.09 Å². The van der Waals surface area contributed by atoms with Crippen LogP contribution < -0.4 is 5.32 Å². The van der Waals surface area contributed by atoms with Gasteiger partial charge in [0.15, 0.2) is 0 Å². The number of amides is 1. The molecular weight excluding hydrogens is 242 g/mol. The number of carbonyl (C=O) groups excluding carboxylic acids is 1. The lowest BCUT2D eigenvalue weighted by molar-refractivity contribution is 0.0484. The third-order valence-electron chi connectivity index (χ3n) is 3.82. The number of alkyl carbamates (subject to hydrolysis) is 1. The van der Waals surface area contributed by atoms with Gasteiger partial charge < -0.3 is 14.8 Å². The highest BCUT2D eigenvalue weighted by atomic mass is 16.6. The summed E-state index contributed by atoms with van der Waals surface area (Å²) < 4.78 is 10.7. The zero-order valence-electron chi connectivity index (χ0n) is 12.4. The van der Waals surface area contributed by atoms with Crippen molar-refractivity contribution in [3.8, 4) is 0 Å². The summed E-state index contributed by atoms with van der Waals surface area (Å²) in [6.07, 6.45) is 7.52. The van der Waals surface area contributed by atoms with Gasteiger partial charge in [0.25, 0.3) is 0 Å². The van der Waals surface area contributed by atoms with Gasteiger partial charge in [-0.25, -0.2) is 4.79 Å². The average molecular weight is 269 g/mol. The van der Waals surface area contributed by atoms with Gasteiger partial charge in [0.05, 0.1) is 12.6 Å². The Hall–Kier alpha value is -0.770. The molecule has 2 fully saturated rings. The Bertz CT molecular complexity index is 301. The SMILES string of the molecule is CC(C)(C)OC(=O)NC(CC1CCCCC1)[C@H]1CO1. The summed E-state index contributed by atoms with van der Waals surface area (Å²) in [6, 6.07) is 0.123. The number of hydrogen-bond donors (Lipinski definition) is 1. The molecule has 2 rings (SSSR count). The molecule has 1 amide bonds. The van der Waals surface area contributed by atoms with Crippen molar-refractivity contribution in [3.63, 3.8) is 0 Å². The second-order valence-corrected chi connectivity index (χ2v) is 6.86. The minimum Gasteiger partial charge on any atom is -0.444 e. The molecule has 0 aromatic carbocycles. The lowest BCUT2D eigenvalue weighted by Crippen LogP contribution is -2.43. The summed E-state index contributed by atoms with van der Waals surface area (Å²) in [4.78, 5) is 11.9. The first-order valence-corrected chi connectivity index (χ1v) is 7.55. The van der Waals surface area contributed by atoms with Crippen molar-refractivity contribution < 1.29 is 14.3 Å². The van der Waals surface area contributed by atoms with Crippen LogP contribution in [0.4, 0.5) is 4.79 Å². The van der Waals surface area contributed by atoms with Crippen molar-refractivity contribution in [2.75, 3.05) is 6.61 Å². The maximum Gasteiger partial charge on any atom is 0.407 e. The minimum atomic E-state index is -0.441. The average Bonchev–Trinajstić information content (AvgIpc) is 3.10. The smallest absolute Gasteiger partial charge is 0.407 e. The van der Waals surface area contributed by atoms with E-state index in [0.717, 1.165) is 18.9 Å². The molecule has 2 aliphatic rings. The fourth-order valence-electron chi connectivity index (χ4n) is 2.83. The summed E-state index contributed by atoms with van der Waals surface area (Å²) >= 11 is 0. The summed E-state index contributed by atoms with van der Waals surface area (Å²) in [5.74, 6) is 0.734. The molecule has 0 radical (unpaired) electrons. The van der Waals surface area contributed by atoms with Gasteiger partial charge in [-0.3, -0.25) is 0 Å². The summed E-state index contributed by atoms with van der Waals surface area (Å²) in [5, 5.41) is 3.00. The van der Waals surface area contributed by atoms with Gasteiger partial charge >= 0.3 is 6.09 Å². The zero-order chi connectivity index (χ0) is 13.9. The number of nitrogens with one attached hydrogen (secondary N) is 1. The quantitative estimate of drug-likeness (QED) is 0.797. The van der Waals surface area contributed by atoms with Gasteiger partial charge in [-0.05, 0) is 33.1 Å². The summed E-state index contributed by atoms with van der Waals surface area (Å²) in [6.45, 7) is 6.43. The topological polar surface area (TPSA) is 50.9 Å². The van der Waals surface area contributed by atoms with Crippen molar-refractivity contribution in [1.82, 2.24) is 5.32 Å². The van der Waals surface area contributed by atoms with Crippen molar-refractivity contribution in [2.24, 2.45) is 5.92 Å². The van der Waals surface area contributed by atoms with E-state index in [0.29, 0.717) is 0 Å². The van der Waals surface area contributed by atoms with Gasteiger partial charge in [0, 0.05) is 0 Å². The molecule has 1 unspecified atom stereocenters. The minimum absolute atomic E-state index is 0.123. The molecule has 1 aliphatic carbocycles. The van der Waals surface area contributed by atoms with Crippen LogP contribution in [0.15, 0.2) is 0 Å². The van der Waals surface area contributed by atoms with Gasteiger partial charge in [0.1, 0.15) is 11.7 Å². The Morgan fingerprint density at radius 1 is 1.32 bits per heavy atom.